The van der Waals surface area contributed by atoms with Gasteiger partial charge in [-0.05, 0) is 17.5 Å². The average molecular weight is 289 g/mol. The van der Waals surface area contributed by atoms with E-state index in [0.717, 1.165) is 4.90 Å². The van der Waals surface area contributed by atoms with E-state index in [1.54, 1.807) is 24.3 Å². The first-order valence-electron chi connectivity index (χ1n) is 6.76. The van der Waals surface area contributed by atoms with Crippen molar-refractivity contribution in [3.05, 3.63) is 24.3 Å². The van der Waals surface area contributed by atoms with Gasteiger partial charge in [-0.15, -0.1) is 0 Å². The molecule has 6 heteroatoms. The molecule has 1 fully saturated rings. The lowest BCUT2D eigenvalue weighted by atomic mass is 9.82. The molecule has 0 aromatic heterocycles. The van der Waals surface area contributed by atoms with Crippen molar-refractivity contribution in [1.29, 1.82) is 0 Å². The Hall–Kier alpha value is -2.37. The van der Waals surface area contributed by atoms with E-state index in [9.17, 15) is 14.4 Å². The van der Waals surface area contributed by atoms with E-state index in [1.165, 1.54) is 0 Å². The number of nitrogens with two attached hydrogens (primary N) is 1. The lowest BCUT2D eigenvalue weighted by Crippen LogP contribution is -2.49. The molecule has 1 saturated heterocycles. The summed E-state index contributed by atoms with van der Waals surface area (Å²) in [5.41, 5.74) is 6.29. The lowest BCUT2D eigenvalue weighted by Gasteiger charge is -2.34. The quantitative estimate of drug-likeness (QED) is 0.649. The predicted octanol–water partition coefficient (Wildman–Crippen LogP) is 1.38. The van der Waals surface area contributed by atoms with Crippen molar-refractivity contribution < 1.29 is 14.4 Å². The Morgan fingerprint density at radius 2 is 1.81 bits per heavy atom. The zero-order valence-electron chi connectivity index (χ0n) is 12.2. The molecule has 1 aromatic rings. The van der Waals surface area contributed by atoms with E-state index in [1.807, 2.05) is 13.8 Å². The number of imide groups is 1. The van der Waals surface area contributed by atoms with Gasteiger partial charge in [-0.2, -0.15) is 0 Å². The van der Waals surface area contributed by atoms with Crippen molar-refractivity contribution in [2.45, 2.75) is 26.7 Å². The SMILES string of the molecule is CC1(C)CC(=O)N(CC(=O)Nc2ccccc2N)C(=O)C1. The maximum absolute atomic E-state index is 12.0. The normalized spacial score (nSPS) is 17.7. The Bertz CT molecular complexity index is 576. The minimum absolute atomic E-state index is 0.263. The average Bonchev–Trinajstić information content (AvgIpc) is 2.35. The number of hydrogen-bond donors (Lipinski definition) is 2. The van der Waals surface area contributed by atoms with Crippen molar-refractivity contribution >= 4 is 29.1 Å². The molecule has 0 saturated carbocycles. The zero-order valence-corrected chi connectivity index (χ0v) is 12.2. The molecule has 3 amide bonds. The highest BCUT2D eigenvalue weighted by Crippen LogP contribution is 2.31. The number of carbonyl (C=O) groups is 3. The second-order valence-electron chi connectivity index (χ2n) is 6.03. The van der Waals surface area contributed by atoms with E-state index in [2.05, 4.69) is 5.32 Å². The van der Waals surface area contributed by atoms with Crippen molar-refractivity contribution in [2.75, 3.05) is 17.6 Å². The van der Waals surface area contributed by atoms with Gasteiger partial charge < -0.3 is 11.1 Å². The van der Waals surface area contributed by atoms with E-state index >= 15 is 0 Å². The molecular weight excluding hydrogens is 270 g/mol. The van der Waals surface area contributed by atoms with Crippen LogP contribution >= 0.6 is 0 Å². The first-order chi connectivity index (χ1) is 9.78. The third-order valence-corrected chi connectivity index (χ3v) is 3.40. The van der Waals surface area contributed by atoms with Gasteiger partial charge in [-0.3, -0.25) is 19.3 Å². The maximum atomic E-state index is 12.0. The number of benzene rings is 1. The number of hydrogen-bond acceptors (Lipinski definition) is 4. The second-order valence-corrected chi connectivity index (χ2v) is 6.03. The molecule has 0 bridgehead atoms. The summed E-state index contributed by atoms with van der Waals surface area (Å²) in [7, 11) is 0. The fraction of sp³-hybridized carbons (Fsp3) is 0.400. The summed E-state index contributed by atoms with van der Waals surface area (Å²) >= 11 is 0. The van der Waals surface area contributed by atoms with Crippen LogP contribution in [-0.4, -0.2) is 29.2 Å². The molecule has 21 heavy (non-hydrogen) atoms. The molecule has 0 radical (unpaired) electrons. The lowest BCUT2D eigenvalue weighted by molar-refractivity contribution is -0.154. The Balaban J connectivity index is 2.02. The first-order valence-corrected chi connectivity index (χ1v) is 6.76. The first kappa shape index (κ1) is 15.0. The number of nitrogens with one attached hydrogen (secondary N) is 1. The van der Waals surface area contributed by atoms with Gasteiger partial charge in [0.25, 0.3) is 0 Å². The molecule has 112 valence electrons. The summed E-state index contributed by atoms with van der Waals surface area (Å²) in [4.78, 5) is 36.9. The van der Waals surface area contributed by atoms with Gasteiger partial charge in [0.1, 0.15) is 6.54 Å². The Kier molecular flexibility index (Phi) is 3.97. The summed E-state index contributed by atoms with van der Waals surface area (Å²) in [5.74, 6) is -1.06. The highest BCUT2D eigenvalue weighted by Gasteiger charge is 2.38. The van der Waals surface area contributed by atoms with Gasteiger partial charge in [0.05, 0.1) is 11.4 Å². The van der Waals surface area contributed by atoms with Crippen LogP contribution in [0.2, 0.25) is 0 Å². The van der Waals surface area contributed by atoms with E-state index in [-0.39, 0.29) is 36.6 Å². The fourth-order valence-electron chi connectivity index (χ4n) is 2.33. The van der Waals surface area contributed by atoms with E-state index < -0.39 is 5.91 Å². The van der Waals surface area contributed by atoms with Gasteiger partial charge in [0.15, 0.2) is 0 Å². The monoisotopic (exact) mass is 289 g/mol. The Morgan fingerprint density at radius 1 is 1.24 bits per heavy atom. The standard InChI is InChI=1S/C15H19N3O3/c1-15(2)7-13(20)18(14(21)8-15)9-12(19)17-11-6-4-3-5-10(11)16/h3-6H,7-9,16H2,1-2H3,(H,17,19). The van der Waals surface area contributed by atoms with Gasteiger partial charge in [-0.1, -0.05) is 26.0 Å². The number of amides is 3. The third kappa shape index (κ3) is 3.59. The van der Waals surface area contributed by atoms with Crippen LogP contribution in [0.3, 0.4) is 0 Å². The van der Waals surface area contributed by atoms with E-state index in [4.69, 9.17) is 5.73 Å². The fourth-order valence-corrected chi connectivity index (χ4v) is 2.33. The molecule has 0 atom stereocenters. The molecular formula is C15H19N3O3. The van der Waals surface area contributed by atoms with Crippen LogP contribution in [-0.2, 0) is 14.4 Å². The Labute approximate surface area is 123 Å². The summed E-state index contributed by atoms with van der Waals surface area (Å²) in [6, 6.07) is 6.82. The number of nitrogens with zero attached hydrogens (tertiary/aromatic N) is 1. The van der Waals surface area contributed by atoms with Gasteiger partial charge in [-0.25, -0.2) is 0 Å². The van der Waals surface area contributed by atoms with Crippen molar-refractivity contribution in [3.63, 3.8) is 0 Å². The second kappa shape index (κ2) is 5.55. The minimum atomic E-state index is -0.436. The van der Waals surface area contributed by atoms with Gasteiger partial charge in [0.2, 0.25) is 17.7 Å². The van der Waals surface area contributed by atoms with Crippen LogP contribution in [0.5, 0.6) is 0 Å². The number of likely N-dealkylation sites (tertiary alicyclic amines) is 1. The number of carbonyl (C=O) groups excluding carboxylic acids is 3. The number of para-hydroxylation sites is 2. The molecule has 1 heterocycles. The van der Waals surface area contributed by atoms with Crippen LogP contribution in [0.1, 0.15) is 26.7 Å². The molecule has 3 N–H and O–H groups in total. The minimum Gasteiger partial charge on any atom is -0.397 e. The van der Waals surface area contributed by atoms with Crippen LogP contribution in [0.15, 0.2) is 24.3 Å². The molecule has 6 nitrogen and oxygen atoms in total. The Morgan fingerprint density at radius 3 is 2.38 bits per heavy atom. The van der Waals surface area contributed by atoms with Crippen LogP contribution < -0.4 is 11.1 Å². The summed E-state index contributed by atoms with van der Waals surface area (Å²) < 4.78 is 0. The van der Waals surface area contributed by atoms with Crippen molar-refractivity contribution in [2.24, 2.45) is 5.41 Å². The summed E-state index contributed by atoms with van der Waals surface area (Å²) in [5, 5.41) is 2.61. The molecule has 2 rings (SSSR count). The van der Waals surface area contributed by atoms with Gasteiger partial charge >= 0.3 is 0 Å². The smallest absolute Gasteiger partial charge is 0.244 e. The molecule has 1 aliphatic rings. The highest BCUT2D eigenvalue weighted by molar-refractivity contribution is 6.04. The van der Waals surface area contributed by atoms with Gasteiger partial charge in [0, 0.05) is 12.8 Å². The molecule has 0 spiro atoms. The topological polar surface area (TPSA) is 92.5 Å². The number of anilines is 2. The van der Waals surface area contributed by atoms with Crippen LogP contribution in [0, 0.1) is 5.41 Å². The third-order valence-electron chi connectivity index (χ3n) is 3.40. The number of nitrogen functional groups attached to an aromatic ring is 1. The molecule has 1 aliphatic heterocycles. The van der Waals surface area contributed by atoms with Crippen LogP contribution in [0.25, 0.3) is 0 Å². The summed E-state index contributed by atoms with van der Waals surface area (Å²) in [6.45, 7) is 3.46. The number of rotatable bonds is 3. The van der Waals surface area contributed by atoms with Crippen molar-refractivity contribution in [3.8, 4) is 0 Å². The largest absolute Gasteiger partial charge is 0.397 e. The maximum Gasteiger partial charge on any atom is 0.244 e. The van der Waals surface area contributed by atoms with Crippen molar-refractivity contribution in [1.82, 2.24) is 4.90 Å². The zero-order chi connectivity index (χ0) is 15.6. The molecule has 0 aliphatic carbocycles. The summed E-state index contributed by atoms with van der Waals surface area (Å²) in [6.07, 6.45) is 0.527. The molecule has 1 aromatic carbocycles. The van der Waals surface area contributed by atoms with Crippen LogP contribution in [0.4, 0.5) is 11.4 Å². The molecule has 0 unspecified atom stereocenters. The highest BCUT2D eigenvalue weighted by atomic mass is 16.2. The number of piperidine rings is 1. The predicted molar refractivity (Wildman–Crippen MR) is 79.2 cm³/mol. The van der Waals surface area contributed by atoms with E-state index in [0.29, 0.717) is 11.4 Å².